The summed E-state index contributed by atoms with van der Waals surface area (Å²) in [6, 6.07) is 7.97. The molecule has 1 aliphatic heterocycles. The summed E-state index contributed by atoms with van der Waals surface area (Å²) in [7, 11) is 0. The van der Waals surface area contributed by atoms with Crippen LogP contribution in [0, 0.1) is 5.82 Å². The third-order valence-corrected chi connectivity index (χ3v) is 5.45. The first kappa shape index (κ1) is 19.8. The van der Waals surface area contributed by atoms with Crippen molar-refractivity contribution in [1.29, 1.82) is 0 Å². The Morgan fingerprint density at radius 3 is 2.72 bits per heavy atom. The molecule has 0 aliphatic carbocycles. The number of amides is 2. The van der Waals surface area contributed by atoms with Gasteiger partial charge >= 0.3 is 0 Å². The number of anilines is 1. The van der Waals surface area contributed by atoms with Crippen LogP contribution in [-0.4, -0.2) is 16.8 Å². The number of carbonyl (C=O) groups is 2. The number of aromatic nitrogens is 1. The number of pyridine rings is 1. The summed E-state index contributed by atoms with van der Waals surface area (Å²) in [6.07, 6.45) is 2.80. The molecule has 2 aromatic carbocycles. The van der Waals surface area contributed by atoms with Crippen LogP contribution in [-0.2, 0) is 0 Å². The number of hydrogen-bond donors (Lipinski definition) is 2. The van der Waals surface area contributed by atoms with E-state index in [-0.39, 0.29) is 11.5 Å². The Morgan fingerprint density at radius 2 is 1.97 bits per heavy atom. The maximum Gasteiger partial charge on any atom is 0.257 e. The number of rotatable bonds is 3. The van der Waals surface area contributed by atoms with Gasteiger partial charge in [0.25, 0.3) is 11.8 Å². The number of carbonyl (C=O) groups excluding carboxylic acids is 2. The standard InChI is InChI=1S/C20H11BrCl2FN3O2/c21-10-4-14-17(16(5-10)26-19(28)9-3-11(22)8-25-7-9)18(27-20(14)29)13-6-12(24)1-2-15(13)23/h1-8,18H,(H,26,28)(H,27,29). The van der Waals surface area contributed by atoms with Crippen LogP contribution >= 0.6 is 39.1 Å². The van der Waals surface area contributed by atoms with Gasteiger partial charge in [0, 0.05) is 44.3 Å². The van der Waals surface area contributed by atoms with Crippen molar-refractivity contribution >= 4 is 56.6 Å². The highest BCUT2D eigenvalue weighted by Crippen LogP contribution is 2.41. The molecule has 1 unspecified atom stereocenters. The Hall–Kier alpha value is -2.48. The molecule has 0 radical (unpaired) electrons. The molecule has 3 aromatic rings. The number of nitrogens with one attached hydrogen (secondary N) is 2. The number of hydrogen-bond acceptors (Lipinski definition) is 3. The average molecular weight is 495 g/mol. The Balaban J connectivity index is 1.81. The summed E-state index contributed by atoms with van der Waals surface area (Å²) in [5, 5.41) is 6.20. The van der Waals surface area contributed by atoms with Crippen molar-refractivity contribution < 1.29 is 14.0 Å². The number of halogens is 4. The van der Waals surface area contributed by atoms with Crippen molar-refractivity contribution in [3.63, 3.8) is 0 Å². The summed E-state index contributed by atoms with van der Waals surface area (Å²) >= 11 is 15.5. The van der Waals surface area contributed by atoms with Gasteiger partial charge in [-0.05, 0) is 36.4 Å². The predicted octanol–water partition coefficient (Wildman–Crippen LogP) is 5.38. The molecule has 0 saturated heterocycles. The van der Waals surface area contributed by atoms with Gasteiger partial charge in [-0.2, -0.15) is 0 Å². The summed E-state index contributed by atoms with van der Waals surface area (Å²) in [4.78, 5) is 29.2. The van der Waals surface area contributed by atoms with E-state index in [1.165, 1.54) is 36.7 Å². The fraction of sp³-hybridized carbons (Fsp3) is 0.0500. The molecule has 2 heterocycles. The lowest BCUT2D eigenvalue weighted by Crippen LogP contribution is -2.21. The molecule has 0 spiro atoms. The van der Waals surface area contributed by atoms with Crippen LogP contribution in [0.5, 0.6) is 0 Å². The fourth-order valence-electron chi connectivity index (χ4n) is 3.20. The van der Waals surface area contributed by atoms with Gasteiger partial charge in [-0.3, -0.25) is 14.6 Å². The molecule has 9 heteroatoms. The molecule has 4 rings (SSSR count). The maximum atomic E-state index is 13.8. The van der Waals surface area contributed by atoms with Crippen LogP contribution in [0.25, 0.3) is 0 Å². The van der Waals surface area contributed by atoms with E-state index in [1.807, 2.05) is 0 Å². The zero-order chi connectivity index (χ0) is 20.7. The van der Waals surface area contributed by atoms with E-state index >= 15 is 0 Å². The maximum absolute atomic E-state index is 13.8. The second-order valence-corrected chi connectivity index (χ2v) is 8.09. The van der Waals surface area contributed by atoms with Gasteiger partial charge in [0.1, 0.15) is 5.82 Å². The third kappa shape index (κ3) is 3.85. The van der Waals surface area contributed by atoms with Gasteiger partial charge in [-0.25, -0.2) is 4.39 Å². The highest BCUT2D eigenvalue weighted by molar-refractivity contribution is 9.10. The second kappa shape index (κ2) is 7.74. The number of fused-ring (bicyclic) bond motifs is 1. The fourth-order valence-corrected chi connectivity index (χ4v) is 4.06. The van der Waals surface area contributed by atoms with Crippen molar-refractivity contribution in [3.05, 3.63) is 91.4 Å². The minimum atomic E-state index is -0.721. The summed E-state index contributed by atoms with van der Waals surface area (Å²) in [6.45, 7) is 0. The lowest BCUT2D eigenvalue weighted by atomic mass is 9.96. The predicted molar refractivity (Wildman–Crippen MR) is 112 cm³/mol. The Morgan fingerprint density at radius 1 is 1.17 bits per heavy atom. The lowest BCUT2D eigenvalue weighted by molar-refractivity contribution is 0.0959. The topological polar surface area (TPSA) is 71.1 Å². The summed E-state index contributed by atoms with van der Waals surface area (Å²) < 4.78 is 14.4. The van der Waals surface area contributed by atoms with Crippen LogP contribution in [0.1, 0.15) is 37.9 Å². The Labute approximate surface area is 183 Å². The first-order valence-corrected chi connectivity index (χ1v) is 9.89. The zero-order valence-electron chi connectivity index (χ0n) is 14.5. The van der Waals surface area contributed by atoms with Crippen molar-refractivity contribution in [3.8, 4) is 0 Å². The molecular weight excluding hydrogens is 484 g/mol. The lowest BCUT2D eigenvalue weighted by Gasteiger charge is -2.18. The minimum absolute atomic E-state index is 0.254. The normalized spacial score (nSPS) is 15.0. The first-order valence-electron chi connectivity index (χ1n) is 8.34. The quantitative estimate of drug-likeness (QED) is 0.513. The van der Waals surface area contributed by atoms with E-state index in [0.29, 0.717) is 36.9 Å². The molecule has 146 valence electrons. The van der Waals surface area contributed by atoms with Gasteiger partial charge < -0.3 is 10.6 Å². The van der Waals surface area contributed by atoms with Crippen LogP contribution in [0.15, 0.2) is 53.3 Å². The van der Waals surface area contributed by atoms with E-state index in [1.54, 1.807) is 12.1 Å². The number of nitrogens with zero attached hydrogens (tertiary/aromatic N) is 1. The highest BCUT2D eigenvalue weighted by atomic mass is 79.9. The molecule has 1 atom stereocenters. The molecule has 0 bridgehead atoms. The molecule has 1 aliphatic rings. The van der Waals surface area contributed by atoms with Gasteiger partial charge in [-0.15, -0.1) is 0 Å². The van der Waals surface area contributed by atoms with Gasteiger partial charge in [0.05, 0.1) is 16.6 Å². The Kier molecular flexibility index (Phi) is 5.29. The van der Waals surface area contributed by atoms with Gasteiger partial charge in [0.2, 0.25) is 0 Å². The van der Waals surface area contributed by atoms with Crippen molar-refractivity contribution in [1.82, 2.24) is 10.3 Å². The molecule has 2 amide bonds. The van der Waals surface area contributed by atoms with E-state index in [9.17, 15) is 14.0 Å². The van der Waals surface area contributed by atoms with Crippen LogP contribution in [0.3, 0.4) is 0 Å². The van der Waals surface area contributed by atoms with E-state index in [4.69, 9.17) is 23.2 Å². The first-order chi connectivity index (χ1) is 13.8. The van der Waals surface area contributed by atoms with Crippen molar-refractivity contribution in [2.45, 2.75) is 6.04 Å². The van der Waals surface area contributed by atoms with Crippen LogP contribution < -0.4 is 10.6 Å². The number of benzene rings is 2. The molecular formula is C20H11BrCl2FN3O2. The molecule has 0 fully saturated rings. The minimum Gasteiger partial charge on any atom is -0.341 e. The van der Waals surface area contributed by atoms with Crippen molar-refractivity contribution in [2.24, 2.45) is 0 Å². The van der Waals surface area contributed by atoms with Crippen LogP contribution in [0.4, 0.5) is 10.1 Å². The summed E-state index contributed by atoms with van der Waals surface area (Å²) in [5.74, 6) is -1.30. The van der Waals surface area contributed by atoms with Gasteiger partial charge in [0.15, 0.2) is 0 Å². The summed E-state index contributed by atoms with van der Waals surface area (Å²) in [5.41, 5.74) is 1.87. The third-order valence-electron chi connectivity index (χ3n) is 4.44. The molecule has 2 N–H and O–H groups in total. The zero-order valence-corrected chi connectivity index (χ0v) is 17.6. The molecule has 5 nitrogen and oxygen atoms in total. The molecule has 1 aromatic heterocycles. The van der Waals surface area contributed by atoms with Crippen molar-refractivity contribution in [2.75, 3.05) is 5.32 Å². The van der Waals surface area contributed by atoms with E-state index < -0.39 is 17.8 Å². The van der Waals surface area contributed by atoms with E-state index in [2.05, 4.69) is 31.5 Å². The van der Waals surface area contributed by atoms with Gasteiger partial charge in [-0.1, -0.05) is 39.1 Å². The second-order valence-electron chi connectivity index (χ2n) is 6.33. The molecule has 0 saturated carbocycles. The molecule has 29 heavy (non-hydrogen) atoms. The average Bonchev–Trinajstić information content (AvgIpc) is 3.00. The Bertz CT molecular complexity index is 1170. The monoisotopic (exact) mass is 493 g/mol. The van der Waals surface area contributed by atoms with E-state index in [0.717, 1.165) is 0 Å². The SMILES string of the molecule is O=C(Nc1cc(Br)cc2c1C(c1cc(F)ccc1Cl)NC2=O)c1cncc(Cl)c1. The van der Waals surface area contributed by atoms with Crippen LogP contribution in [0.2, 0.25) is 10.0 Å². The smallest absolute Gasteiger partial charge is 0.257 e. The highest BCUT2D eigenvalue weighted by Gasteiger charge is 2.34. The largest absolute Gasteiger partial charge is 0.341 e.